The summed E-state index contributed by atoms with van der Waals surface area (Å²) in [5, 5.41) is 16.1. The maximum Gasteiger partial charge on any atom is 0.407 e. The fourth-order valence-electron chi connectivity index (χ4n) is 1.84. The Morgan fingerprint density at radius 1 is 0.893 bits per heavy atom. The molecule has 0 fully saturated rings. The van der Waals surface area contributed by atoms with Gasteiger partial charge in [0.05, 0.1) is 26.9 Å². The second-order valence-corrected chi connectivity index (χ2v) is 5.82. The molecule has 0 radical (unpaired) electrons. The summed E-state index contributed by atoms with van der Waals surface area (Å²) in [6.07, 6.45) is 1.34. The van der Waals surface area contributed by atoms with Crippen LogP contribution in [0.4, 0.5) is 9.59 Å². The topological polar surface area (TPSA) is 152 Å². The minimum Gasteiger partial charge on any atom is -0.467 e. The van der Waals surface area contributed by atoms with Gasteiger partial charge in [-0.05, 0) is 12.8 Å². The highest BCUT2D eigenvalue weighted by Crippen LogP contribution is 1.94. The molecule has 3 amide bonds. The summed E-state index contributed by atoms with van der Waals surface area (Å²) in [5.41, 5.74) is 0. The lowest BCUT2D eigenvalue weighted by Crippen LogP contribution is -2.54. The Labute approximate surface area is 164 Å². The molecule has 0 aromatic rings. The number of amides is 3. The van der Waals surface area contributed by atoms with E-state index >= 15 is 0 Å². The van der Waals surface area contributed by atoms with E-state index in [1.165, 1.54) is 0 Å². The zero-order chi connectivity index (χ0) is 21.4. The molecule has 0 aromatic carbocycles. The van der Waals surface area contributed by atoms with Crippen LogP contribution in [0.25, 0.3) is 0 Å². The predicted octanol–water partition coefficient (Wildman–Crippen LogP) is 0.0577. The van der Waals surface area contributed by atoms with Crippen LogP contribution in [0.3, 0.4) is 0 Å². The highest BCUT2D eigenvalue weighted by molar-refractivity contribution is 5.87. The van der Waals surface area contributed by atoms with Crippen LogP contribution in [-0.4, -0.2) is 74.7 Å². The number of alkyl carbamates (subject to hydrolysis) is 2. The van der Waals surface area contributed by atoms with E-state index < -0.39 is 42.8 Å². The van der Waals surface area contributed by atoms with E-state index in [0.29, 0.717) is 12.8 Å². The highest BCUT2D eigenvalue weighted by atomic mass is 16.6. The molecule has 0 aliphatic rings. The van der Waals surface area contributed by atoms with Crippen molar-refractivity contribution in [2.24, 2.45) is 0 Å². The van der Waals surface area contributed by atoms with Crippen LogP contribution in [0, 0.1) is 0 Å². The number of hydrogen-bond acceptors (Lipinski definition) is 8. The molecular formula is C17H31N3O8. The SMILES string of the molecule is CCCCOC(=O)N[C@H](CO)C(=O)NC[C@@H](NC(=O)OCCCC)C(=O)OC. The van der Waals surface area contributed by atoms with Crippen molar-refractivity contribution >= 4 is 24.1 Å². The van der Waals surface area contributed by atoms with Crippen molar-refractivity contribution in [3.63, 3.8) is 0 Å². The van der Waals surface area contributed by atoms with E-state index in [1.54, 1.807) is 0 Å². The molecule has 0 saturated carbocycles. The second-order valence-electron chi connectivity index (χ2n) is 5.82. The lowest BCUT2D eigenvalue weighted by Gasteiger charge is -2.20. The molecule has 4 N–H and O–H groups in total. The van der Waals surface area contributed by atoms with E-state index in [9.17, 15) is 24.3 Å². The van der Waals surface area contributed by atoms with Crippen molar-refractivity contribution in [3.05, 3.63) is 0 Å². The number of unbranched alkanes of at least 4 members (excludes halogenated alkanes) is 2. The number of ether oxygens (including phenoxy) is 3. The quantitative estimate of drug-likeness (QED) is 0.191. The smallest absolute Gasteiger partial charge is 0.407 e. The molecule has 0 aliphatic heterocycles. The first-order valence-electron chi connectivity index (χ1n) is 9.22. The van der Waals surface area contributed by atoms with E-state index in [2.05, 4.69) is 20.7 Å². The molecule has 28 heavy (non-hydrogen) atoms. The molecule has 0 rings (SSSR count). The second kappa shape index (κ2) is 15.5. The van der Waals surface area contributed by atoms with Crippen molar-refractivity contribution in [1.82, 2.24) is 16.0 Å². The minimum atomic E-state index is -1.27. The van der Waals surface area contributed by atoms with Gasteiger partial charge in [0.2, 0.25) is 5.91 Å². The summed E-state index contributed by atoms with van der Waals surface area (Å²) < 4.78 is 14.3. The predicted molar refractivity (Wildman–Crippen MR) is 98.5 cm³/mol. The molecule has 0 saturated heterocycles. The van der Waals surface area contributed by atoms with Gasteiger partial charge in [0, 0.05) is 6.54 Å². The fourth-order valence-corrected chi connectivity index (χ4v) is 1.84. The summed E-state index contributed by atoms with van der Waals surface area (Å²) in [6.45, 7) is 3.24. The average Bonchev–Trinajstić information content (AvgIpc) is 2.68. The normalized spacial score (nSPS) is 12.3. The third kappa shape index (κ3) is 11.2. The van der Waals surface area contributed by atoms with Gasteiger partial charge in [-0.15, -0.1) is 0 Å². The largest absolute Gasteiger partial charge is 0.467 e. The van der Waals surface area contributed by atoms with Crippen molar-refractivity contribution in [2.75, 3.05) is 33.5 Å². The van der Waals surface area contributed by atoms with Gasteiger partial charge < -0.3 is 35.3 Å². The van der Waals surface area contributed by atoms with Crippen LogP contribution in [0.1, 0.15) is 39.5 Å². The van der Waals surface area contributed by atoms with Gasteiger partial charge in [0.25, 0.3) is 0 Å². The molecule has 0 spiro atoms. The molecule has 0 heterocycles. The monoisotopic (exact) mass is 405 g/mol. The van der Waals surface area contributed by atoms with E-state index in [1.807, 2.05) is 13.8 Å². The summed E-state index contributed by atoms with van der Waals surface area (Å²) in [7, 11) is 1.13. The number of carbonyl (C=O) groups is 4. The van der Waals surface area contributed by atoms with Crippen LogP contribution < -0.4 is 16.0 Å². The maximum absolute atomic E-state index is 12.1. The van der Waals surface area contributed by atoms with Gasteiger partial charge in [-0.25, -0.2) is 14.4 Å². The third-order valence-corrected chi connectivity index (χ3v) is 3.51. The Balaban J connectivity index is 4.58. The molecule has 0 bridgehead atoms. The van der Waals surface area contributed by atoms with Crippen LogP contribution >= 0.6 is 0 Å². The van der Waals surface area contributed by atoms with Crippen molar-refractivity contribution < 1.29 is 38.5 Å². The first kappa shape index (κ1) is 25.4. The summed E-state index contributed by atoms with van der Waals surface area (Å²) in [6, 6.07) is -2.47. The lowest BCUT2D eigenvalue weighted by molar-refractivity contribution is -0.143. The van der Waals surface area contributed by atoms with E-state index in [-0.39, 0.29) is 19.8 Å². The zero-order valence-corrected chi connectivity index (χ0v) is 16.6. The number of hydrogen-bond donors (Lipinski definition) is 4. The number of aliphatic hydroxyl groups excluding tert-OH is 1. The number of esters is 1. The van der Waals surface area contributed by atoms with Gasteiger partial charge in [0.15, 0.2) is 0 Å². The van der Waals surface area contributed by atoms with Gasteiger partial charge in [-0.1, -0.05) is 26.7 Å². The van der Waals surface area contributed by atoms with E-state index in [0.717, 1.165) is 20.0 Å². The Kier molecular flexibility index (Phi) is 14.1. The molecule has 2 atom stereocenters. The number of methoxy groups -OCH3 is 1. The van der Waals surface area contributed by atoms with Gasteiger partial charge >= 0.3 is 18.2 Å². The highest BCUT2D eigenvalue weighted by Gasteiger charge is 2.26. The Hall–Kier alpha value is -2.56. The first-order chi connectivity index (χ1) is 13.4. The summed E-state index contributed by atoms with van der Waals surface area (Å²) in [5.74, 6) is -1.55. The first-order valence-corrected chi connectivity index (χ1v) is 9.22. The molecule has 0 aromatic heterocycles. The minimum absolute atomic E-state index is 0.191. The van der Waals surface area contributed by atoms with Crippen molar-refractivity contribution in [2.45, 2.75) is 51.6 Å². The zero-order valence-electron chi connectivity index (χ0n) is 16.6. The van der Waals surface area contributed by atoms with Gasteiger partial charge in [-0.2, -0.15) is 0 Å². The lowest BCUT2D eigenvalue weighted by atomic mass is 10.2. The Morgan fingerprint density at radius 2 is 1.39 bits per heavy atom. The third-order valence-electron chi connectivity index (χ3n) is 3.51. The molecule has 162 valence electrons. The molecule has 0 aliphatic carbocycles. The van der Waals surface area contributed by atoms with Gasteiger partial charge in [0.1, 0.15) is 12.1 Å². The van der Waals surface area contributed by atoms with Crippen LogP contribution in [-0.2, 0) is 23.8 Å². The Bertz CT molecular complexity index is 501. The van der Waals surface area contributed by atoms with Crippen molar-refractivity contribution in [1.29, 1.82) is 0 Å². The standard InChI is InChI=1S/C17H31N3O8/c1-4-6-8-27-16(24)19-12(15(23)26-3)10-18-14(22)13(11-21)20-17(25)28-9-7-5-2/h12-13,21H,4-11H2,1-3H3,(H,18,22)(H,19,24)(H,20,25)/t12-,13-/m1/s1. The maximum atomic E-state index is 12.1. The molecule has 11 heteroatoms. The number of rotatable bonds is 13. The van der Waals surface area contributed by atoms with Crippen LogP contribution in [0.2, 0.25) is 0 Å². The molecule has 11 nitrogen and oxygen atoms in total. The van der Waals surface area contributed by atoms with Crippen molar-refractivity contribution in [3.8, 4) is 0 Å². The van der Waals surface area contributed by atoms with Crippen LogP contribution in [0.5, 0.6) is 0 Å². The van der Waals surface area contributed by atoms with Crippen LogP contribution in [0.15, 0.2) is 0 Å². The summed E-state index contributed by atoms with van der Waals surface area (Å²) in [4.78, 5) is 47.2. The Morgan fingerprint density at radius 3 is 1.82 bits per heavy atom. The summed E-state index contributed by atoms with van der Waals surface area (Å²) >= 11 is 0. The number of carbonyl (C=O) groups excluding carboxylic acids is 4. The fraction of sp³-hybridized carbons (Fsp3) is 0.765. The molecular weight excluding hydrogens is 374 g/mol. The number of nitrogens with one attached hydrogen (secondary N) is 3. The molecule has 0 unspecified atom stereocenters. The van der Waals surface area contributed by atoms with E-state index in [4.69, 9.17) is 9.47 Å². The average molecular weight is 405 g/mol. The number of aliphatic hydroxyl groups is 1. The van der Waals surface area contributed by atoms with Gasteiger partial charge in [-0.3, -0.25) is 4.79 Å².